The van der Waals surface area contributed by atoms with E-state index in [2.05, 4.69) is 83.5 Å². The smallest absolute Gasteiger partial charge is 0.0512 e. The van der Waals surface area contributed by atoms with Gasteiger partial charge < -0.3 is 10.6 Å². The van der Waals surface area contributed by atoms with Crippen LogP contribution in [0.15, 0.2) is 90.3 Å². The third-order valence-electron chi connectivity index (χ3n) is 5.54. The average Bonchev–Trinajstić information content (AvgIpc) is 2.71. The zero-order chi connectivity index (χ0) is 17.6. The first-order chi connectivity index (χ1) is 12.9. The third kappa shape index (κ3) is 4.19. The van der Waals surface area contributed by atoms with E-state index < -0.39 is 0 Å². The second kappa shape index (κ2) is 8.27. The van der Waals surface area contributed by atoms with Gasteiger partial charge in [-0.2, -0.15) is 0 Å². The molecule has 1 aromatic rings. The van der Waals surface area contributed by atoms with Crippen molar-refractivity contribution < 1.29 is 0 Å². The van der Waals surface area contributed by atoms with Crippen molar-refractivity contribution >= 4 is 5.69 Å². The molecule has 2 N–H and O–H groups in total. The van der Waals surface area contributed by atoms with Gasteiger partial charge in [0.25, 0.3) is 0 Å². The zero-order valence-corrected chi connectivity index (χ0v) is 15.3. The monoisotopic (exact) mass is 344 g/mol. The molecule has 0 spiro atoms. The lowest BCUT2D eigenvalue weighted by atomic mass is 9.78. The fourth-order valence-corrected chi connectivity index (χ4v) is 4.12. The first kappa shape index (κ1) is 17.0. The van der Waals surface area contributed by atoms with Gasteiger partial charge in [0.05, 0.1) is 6.04 Å². The maximum absolute atomic E-state index is 3.81. The highest BCUT2D eigenvalue weighted by atomic mass is 14.9. The van der Waals surface area contributed by atoms with Gasteiger partial charge in [0, 0.05) is 23.0 Å². The summed E-state index contributed by atoms with van der Waals surface area (Å²) in [6, 6.07) is 10.8. The summed E-state index contributed by atoms with van der Waals surface area (Å²) >= 11 is 0. The molecule has 0 fully saturated rings. The van der Waals surface area contributed by atoms with Crippen LogP contribution in [-0.2, 0) is 0 Å². The van der Waals surface area contributed by atoms with E-state index in [9.17, 15) is 0 Å². The van der Waals surface area contributed by atoms with Gasteiger partial charge in [0.2, 0.25) is 0 Å². The molecule has 2 nitrogen and oxygen atoms in total. The Morgan fingerprint density at radius 3 is 2.42 bits per heavy atom. The van der Waals surface area contributed by atoms with E-state index in [-0.39, 0.29) is 0 Å². The van der Waals surface area contributed by atoms with Crippen LogP contribution in [0.4, 0.5) is 5.69 Å². The molecule has 2 heteroatoms. The zero-order valence-electron chi connectivity index (χ0n) is 15.3. The maximum Gasteiger partial charge on any atom is 0.0512 e. The Balaban J connectivity index is 1.40. The highest BCUT2D eigenvalue weighted by Gasteiger charge is 2.27. The normalized spacial score (nSPS) is 27.6. The summed E-state index contributed by atoms with van der Waals surface area (Å²) in [5, 5.41) is 7.33. The molecule has 2 unspecified atom stereocenters. The van der Waals surface area contributed by atoms with E-state index in [0.29, 0.717) is 17.9 Å². The van der Waals surface area contributed by atoms with E-state index in [1.165, 1.54) is 30.7 Å². The van der Waals surface area contributed by atoms with Crippen molar-refractivity contribution in [1.29, 1.82) is 0 Å². The fraction of sp³-hybridized carbons (Fsp3) is 0.333. The number of hydrogen-bond acceptors (Lipinski definition) is 2. The summed E-state index contributed by atoms with van der Waals surface area (Å²) in [7, 11) is 0. The number of anilines is 1. The number of allylic oxidation sites excluding steroid dienone is 8. The van der Waals surface area contributed by atoms with E-state index in [4.69, 9.17) is 0 Å². The molecule has 3 aliphatic carbocycles. The minimum Gasteiger partial charge on any atom is -0.382 e. The Bertz CT molecular complexity index is 752. The van der Waals surface area contributed by atoms with Gasteiger partial charge in [0.15, 0.2) is 0 Å². The first-order valence-corrected chi connectivity index (χ1v) is 9.88. The number of hydrogen-bond donors (Lipinski definition) is 2. The van der Waals surface area contributed by atoms with E-state index in [0.717, 1.165) is 18.5 Å². The molecule has 134 valence electrons. The van der Waals surface area contributed by atoms with Crippen molar-refractivity contribution in [2.45, 2.75) is 38.1 Å². The SMILES string of the molecule is C1=CC(NC2=CC=C(Nc3ccccc3)CC2)C([C@@H]2C=CCCC2)C=C1. The number of para-hydroxylation sites is 1. The van der Waals surface area contributed by atoms with Gasteiger partial charge in [-0.25, -0.2) is 0 Å². The molecule has 0 aliphatic heterocycles. The lowest BCUT2D eigenvalue weighted by Gasteiger charge is -2.33. The van der Waals surface area contributed by atoms with Crippen molar-refractivity contribution in [2.24, 2.45) is 11.8 Å². The molecule has 26 heavy (non-hydrogen) atoms. The van der Waals surface area contributed by atoms with Crippen molar-refractivity contribution in [3.05, 3.63) is 90.3 Å². The number of nitrogens with one attached hydrogen (secondary N) is 2. The number of benzene rings is 1. The van der Waals surface area contributed by atoms with Crippen molar-refractivity contribution in [2.75, 3.05) is 5.32 Å². The van der Waals surface area contributed by atoms with Crippen molar-refractivity contribution in [1.82, 2.24) is 5.32 Å². The van der Waals surface area contributed by atoms with Gasteiger partial charge in [0.1, 0.15) is 0 Å². The van der Waals surface area contributed by atoms with Crippen molar-refractivity contribution in [3.63, 3.8) is 0 Å². The Kier molecular flexibility index (Phi) is 5.39. The fourth-order valence-electron chi connectivity index (χ4n) is 4.12. The highest BCUT2D eigenvalue weighted by molar-refractivity contribution is 5.49. The third-order valence-corrected chi connectivity index (χ3v) is 5.54. The number of rotatable bonds is 5. The topological polar surface area (TPSA) is 24.1 Å². The standard InChI is InChI=1S/C24H28N2/c1-3-9-19(10-4-1)23-13-7-8-14-24(23)26-22-17-15-21(16-18-22)25-20-11-5-2-6-12-20/h2-3,5-9,11-15,17,19,23-26H,1,4,10,16,18H2/t19-,23?,24?/m1/s1. The van der Waals surface area contributed by atoms with Crippen molar-refractivity contribution in [3.8, 4) is 0 Å². The first-order valence-electron chi connectivity index (χ1n) is 9.88. The molecule has 0 amide bonds. The molecule has 4 rings (SSSR count). The quantitative estimate of drug-likeness (QED) is 0.668. The molecule has 1 aromatic carbocycles. The Hall–Kier alpha value is -2.48. The summed E-state index contributed by atoms with van der Waals surface area (Å²) in [5.41, 5.74) is 3.79. The van der Waals surface area contributed by atoms with Gasteiger partial charge in [-0.15, -0.1) is 0 Å². The summed E-state index contributed by atoms with van der Waals surface area (Å²) in [4.78, 5) is 0. The van der Waals surface area contributed by atoms with Crippen LogP contribution in [-0.4, -0.2) is 6.04 Å². The predicted molar refractivity (Wildman–Crippen MR) is 111 cm³/mol. The molecule has 0 radical (unpaired) electrons. The van der Waals surface area contributed by atoms with E-state index in [1.54, 1.807) is 0 Å². The summed E-state index contributed by atoms with van der Waals surface area (Å²) in [6.45, 7) is 0. The van der Waals surface area contributed by atoms with Gasteiger partial charge in [-0.1, -0.05) is 54.7 Å². The molecule has 0 aromatic heterocycles. The lowest BCUT2D eigenvalue weighted by Crippen LogP contribution is -2.38. The van der Waals surface area contributed by atoms with Crippen LogP contribution in [0.1, 0.15) is 32.1 Å². The molecule has 3 aliphatic rings. The molecule has 0 bridgehead atoms. The Labute approximate surface area is 157 Å². The van der Waals surface area contributed by atoms with Crippen LogP contribution in [0.3, 0.4) is 0 Å². The molecular formula is C24H28N2. The molecular weight excluding hydrogens is 316 g/mol. The highest BCUT2D eigenvalue weighted by Crippen LogP contribution is 2.31. The molecule has 0 saturated heterocycles. The average molecular weight is 345 g/mol. The molecule has 0 heterocycles. The van der Waals surface area contributed by atoms with Gasteiger partial charge in [-0.3, -0.25) is 0 Å². The van der Waals surface area contributed by atoms with Crippen LogP contribution in [0, 0.1) is 11.8 Å². The predicted octanol–water partition coefficient (Wildman–Crippen LogP) is 5.72. The second-order valence-electron chi connectivity index (χ2n) is 7.42. The van der Waals surface area contributed by atoms with E-state index in [1.807, 2.05) is 6.07 Å². The second-order valence-corrected chi connectivity index (χ2v) is 7.42. The van der Waals surface area contributed by atoms with E-state index >= 15 is 0 Å². The van der Waals surface area contributed by atoms with Crippen LogP contribution in [0.25, 0.3) is 0 Å². The van der Waals surface area contributed by atoms with Gasteiger partial charge >= 0.3 is 0 Å². The largest absolute Gasteiger partial charge is 0.382 e. The molecule has 0 saturated carbocycles. The minimum atomic E-state index is 0.399. The Morgan fingerprint density at radius 1 is 0.846 bits per heavy atom. The van der Waals surface area contributed by atoms with Crippen LogP contribution >= 0.6 is 0 Å². The summed E-state index contributed by atoms with van der Waals surface area (Å²) in [6.07, 6.45) is 24.4. The molecule has 3 atom stereocenters. The van der Waals surface area contributed by atoms with Gasteiger partial charge in [-0.05, 0) is 62.3 Å². The Morgan fingerprint density at radius 2 is 1.65 bits per heavy atom. The minimum absolute atomic E-state index is 0.399. The van der Waals surface area contributed by atoms with Crippen LogP contribution < -0.4 is 10.6 Å². The summed E-state index contributed by atoms with van der Waals surface area (Å²) < 4.78 is 0. The summed E-state index contributed by atoms with van der Waals surface area (Å²) in [5.74, 6) is 1.22. The van der Waals surface area contributed by atoms with Crippen LogP contribution in [0.5, 0.6) is 0 Å². The maximum atomic E-state index is 3.81. The lowest BCUT2D eigenvalue weighted by molar-refractivity contribution is 0.362. The van der Waals surface area contributed by atoms with Crippen LogP contribution in [0.2, 0.25) is 0 Å².